The van der Waals surface area contributed by atoms with Crippen LogP contribution in [0.4, 0.5) is 5.69 Å². The van der Waals surface area contributed by atoms with Crippen molar-refractivity contribution in [2.75, 3.05) is 11.9 Å². The molecule has 0 aliphatic rings. The lowest BCUT2D eigenvalue weighted by atomic mass is 10.1. The van der Waals surface area contributed by atoms with Gasteiger partial charge in [0.15, 0.2) is 0 Å². The second-order valence-electron chi connectivity index (χ2n) is 6.86. The predicted octanol–water partition coefficient (Wildman–Crippen LogP) is 5.90. The Bertz CT molecular complexity index is 639. The summed E-state index contributed by atoms with van der Waals surface area (Å²) < 4.78 is 11.9. The second kappa shape index (κ2) is 9.97. The molecule has 0 bridgehead atoms. The molecule has 0 radical (unpaired) electrons. The molecule has 25 heavy (non-hydrogen) atoms. The molecule has 2 aromatic rings. The van der Waals surface area contributed by atoms with Crippen LogP contribution in [0.1, 0.15) is 46.1 Å². The molecule has 0 aliphatic heterocycles. The highest BCUT2D eigenvalue weighted by molar-refractivity contribution is 5.49. The van der Waals surface area contributed by atoms with Gasteiger partial charge in [-0.15, -0.1) is 0 Å². The van der Waals surface area contributed by atoms with Crippen molar-refractivity contribution in [1.82, 2.24) is 0 Å². The molecule has 0 saturated carbocycles. The number of para-hydroxylation sites is 1. The average molecular weight is 341 g/mol. The fourth-order valence-electron chi connectivity index (χ4n) is 2.39. The molecule has 1 unspecified atom stereocenters. The first-order valence-corrected chi connectivity index (χ1v) is 9.29. The van der Waals surface area contributed by atoms with E-state index in [1.807, 2.05) is 30.3 Å². The minimum absolute atomic E-state index is 0.227. The number of nitrogens with one attached hydrogen (secondary N) is 1. The molecule has 0 aromatic heterocycles. The molecule has 3 heteroatoms. The Morgan fingerprint density at radius 1 is 1.00 bits per heavy atom. The minimum atomic E-state index is 0.227. The van der Waals surface area contributed by atoms with Crippen LogP contribution in [-0.2, 0) is 6.54 Å². The summed E-state index contributed by atoms with van der Waals surface area (Å²) in [6.45, 7) is 10.1. The fraction of sp³-hybridized carbons (Fsp3) is 0.455. The zero-order chi connectivity index (χ0) is 18.1. The third-order valence-electron chi connectivity index (χ3n) is 4.15. The van der Waals surface area contributed by atoms with E-state index in [4.69, 9.17) is 9.47 Å². The Balaban J connectivity index is 1.96. The van der Waals surface area contributed by atoms with Crippen molar-refractivity contribution >= 4 is 5.69 Å². The Morgan fingerprint density at radius 2 is 1.80 bits per heavy atom. The smallest absolute Gasteiger partial charge is 0.124 e. The van der Waals surface area contributed by atoms with Gasteiger partial charge < -0.3 is 14.8 Å². The van der Waals surface area contributed by atoms with Crippen LogP contribution in [0.25, 0.3) is 0 Å². The standard InChI is InChI=1S/C22H31NO2/c1-5-18(4)25-21-11-8-10-20(15-21)23-16-19-9-6-7-12-22(19)24-14-13-17(2)3/h6-12,15,17-18,23H,5,13-14,16H2,1-4H3. The minimum Gasteiger partial charge on any atom is -0.493 e. The summed E-state index contributed by atoms with van der Waals surface area (Å²) in [6, 6.07) is 16.4. The third-order valence-corrected chi connectivity index (χ3v) is 4.15. The quantitative estimate of drug-likeness (QED) is 0.583. The van der Waals surface area contributed by atoms with E-state index < -0.39 is 0 Å². The van der Waals surface area contributed by atoms with Gasteiger partial charge in [-0.3, -0.25) is 0 Å². The fourth-order valence-corrected chi connectivity index (χ4v) is 2.39. The molecule has 1 atom stereocenters. The predicted molar refractivity (Wildman–Crippen MR) is 106 cm³/mol. The highest BCUT2D eigenvalue weighted by atomic mass is 16.5. The van der Waals surface area contributed by atoms with Crippen LogP contribution in [0.15, 0.2) is 48.5 Å². The summed E-state index contributed by atoms with van der Waals surface area (Å²) >= 11 is 0. The van der Waals surface area contributed by atoms with E-state index >= 15 is 0 Å². The molecule has 0 heterocycles. The van der Waals surface area contributed by atoms with Crippen molar-refractivity contribution in [2.45, 2.75) is 53.2 Å². The van der Waals surface area contributed by atoms with Crippen LogP contribution in [0.3, 0.4) is 0 Å². The summed E-state index contributed by atoms with van der Waals surface area (Å²) in [7, 11) is 0. The number of hydrogen-bond acceptors (Lipinski definition) is 3. The van der Waals surface area contributed by atoms with Crippen molar-refractivity contribution in [3.63, 3.8) is 0 Å². The number of ether oxygens (including phenoxy) is 2. The lowest BCUT2D eigenvalue weighted by Gasteiger charge is -2.15. The highest BCUT2D eigenvalue weighted by Crippen LogP contribution is 2.23. The summed E-state index contributed by atoms with van der Waals surface area (Å²) in [4.78, 5) is 0. The van der Waals surface area contributed by atoms with Gasteiger partial charge in [0, 0.05) is 23.9 Å². The molecular formula is C22H31NO2. The number of benzene rings is 2. The molecule has 2 rings (SSSR count). The summed E-state index contributed by atoms with van der Waals surface area (Å²) in [5.41, 5.74) is 2.22. The molecule has 3 nitrogen and oxygen atoms in total. The maximum absolute atomic E-state index is 5.96. The van der Waals surface area contributed by atoms with E-state index in [1.54, 1.807) is 0 Å². The van der Waals surface area contributed by atoms with Crippen LogP contribution in [0, 0.1) is 5.92 Å². The van der Waals surface area contributed by atoms with Gasteiger partial charge in [0.25, 0.3) is 0 Å². The average Bonchev–Trinajstić information content (AvgIpc) is 2.61. The topological polar surface area (TPSA) is 30.5 Å². The van der Waals surface area contributed by atoms with Gasteiger partial charge in [-0.05, 0) is 43.9 Å². The van der Waals surface area contributed by atoms with Gasteiger partial charge in [0.2, 0.25) is 0 Å². The van der Waals surface area contributed by atoms with Crippen molar-refractivity contribution in [2.24, 2.45) is 5.92 Å². The molecule has 0 spiro atoms. The van der Waals surface area contributed by atoms with Gasteiger partial charge in [0.1, 0.15) is 11.5 Å². The monoisotopic (exact) mass is 341 g/mol. The van der Waals surface area contributed by atoms with Crippen molar-refractivity contribution < 1.29 is 9.47 Å². The molecule has 0 fully saturated rings. The van der Waals surface area contributed by atoms with Crippen LogP contribution in [-0.4, -0.2) is 12.7 Å². The molecule has 0 amide bonds. The van der Waals surface area contributed by atoms with E-state index in [1.165, 1.54) is 5.56 Å². The van der Waals surface area contributed by atoms with Gasteiger partial charge >= 0.3 is 0 Å². The molecule has 136 valence electrons. The Morgan fingerprint density at radius 3 is 2.56 bits per heavy atom. The third kappa shape index (κ3) is 6.69. The highest BCUT2D eigenvalue weighted by Gasteiger charge is 2.05. The van der Waals surface area contributed by atoms with Gasteiger partial charge in [-0.25, -0.2) is 0 Å². The van der Waals surface area contributed by atoms with Gasteiger partial charge in [-0.2, -0.15) is 0 Å². The first-order valence-electron chi connectivity index (χ1n) is 9.29. The number of hydrogen-bond donors (Lipinski definition) is 1. The molecule has 1 N–H and O–H groups in total. The SMILES string of the molecule is CCC(C)Oc1cccc(NCc2ccccc2OCCC(C)C)c1. The van der Waals surface area contributed by atoms with Crippen molar-refractivity contribution in [3.05, 3.63) is 54.1 Å². The zero-order valence-corrected chi connectivity index (χ0v) is 15.9. The Kier molecular flexibility index (Phi) is 7.65. The summed E-state index contributed by atoms with van der Waals surface area (Å²) in [5, 5.41) is 3.47. The van der Waals surface area contributed by atoms with Crippen LogP contribution in [0.5, 0.6) is 11.5 Å². The second-order valence-corrected chi connectivity index (χ2v) is 6.86. The van der Waals surface area contributed by atoms with E-state index in [2.05, 4.69) is 51.2 Å². The number of anilines is 1. The Labute approximate surface area is 152 Å². The normalized spacial score (nSPS) is 12.0. The Hall–Kier alpha value is -2.16. The summed E-state index contributed by atoms with van der Waals surface area (Å²) in [5.74, 6) is 2.52. The van der Waals surface area contributed by atoms with Crippen molar-refractivity contribution in [3.8, 4) is 11.5 Å². The number of rotatable bonds is 10. The van der Waals surface area contributed by atoms with Gasteiger partial charge in [0.05, 0.1) is 12.7 Å². The first-order chi connectivity index (χ1) is 12.1. The maximum atomic E-state index is 5.96. The lowest BCUT2D eigenvalue weighted by molar-refractivity contribution is 0.217. The first kappa shape index (κ1) is 19.2. The zero-order valence-electron chi connectivity index (χ0n) is 15.9. The molecule has 0 saturated heterocycles. The van der Waals surface area contributed by atoms with Crippen LogP contribution >= 0.6 is 0 Å². The van der Waals surface area contributed by atoms with Crippen LogP contribution < -0.4 is 14.8 Å². The summed E-state index contributed by atoms with van der Waals surface area (Å²) in [6.07, 6.45) is 2.29. The molecule has 2 aromatic carbocycles. The van der Waals surface area contributed by atoms with Gasteiger partial charge in [-0.1, -0.05) is 45.0 Å². The van der Waals surface area contributed by atoms with E-state index in [-0.39, 0.29) is 6.10 Å². The van der Waals surface area contributed by atoms with E-state index in [0.717, 1.165) is 43.2 Å². The lowest BCUT2D eigenvalue weighted by Crippen LogP contribution is -2.10. The van der Waals surface area contributed by atoms with E-state index in [9.17, 15) is 0 Å². The molecular weight excluding hydrogens is 310 g/mol. The van der Waals surface area contributed by atoms with Crippen LogP contribution in [0.2, 0.25) is 0 Å². The largest absolute Gasteiger partial charge is 0.493 e. The molecule has 0 aliphatic carbocycles. The maximum Gasteiger partial charge on any atom is 0.124 e. The van der Waals surface area contributed by atoms with Crippen molar-refractivity contribution in [1.29, 1.82) is 0 Å². The van der Waals surface area contributed by atoms with E-state index in [0.29, 0.717) is 5.92 Å².